The fraction of sp³-hybridized carbons (Fsp3) is 0.390. The summed E-state index contributed by atoms with van der Waals surface area (Å²) in [5, 5.41) is 16.8. The van der Waals surface area contributed by atoms with Gasteiger partial charge in [-0.25, -0.2) is 4.39 Å². The van der Waals surface area contributed by atoms with Gasteiger partial charge >= 0.3 is 5.97 Å². The Hall–Kier alpha value is -4.98. The molecule has 57 heavy (non-hydrogen) atoms. The number of nitrogens with one attached hydrogen (secondary N) is 1. The molecule has 2 amide bonds. The summed E-state index contributed by atoms with van der Waals surface area (Å²) in [6, 6.07) is 14.8. The van der Waals surface area contributed by atoms with E-state index in [1.807, 2.05) is 44.9 Å². The highest BCUT2D eigenvalue weighted by atomic mass is 32.2. The van der Waals surface area contributed by atoms with Gasteiger partial charge in [0.2, 0.25) is 0 Å². The van der Waals surface area contributed by atoms with E-state index in [2.05, 4.69) is 15.3 Å². The van der Waals surface area contributed by atoms with E-state index in [-0.39, 0.29) is 46.0 Å². The third kappa shape index (κ3) is 10.3. The van der Waals surface area contributed by atoms with E-state index < -0.39 is 41.1 Å². The van der Waals surface area contributed by atoms with Crippen LogP contribution < -0.4 is 15.0 Å². The Labute approximate surface area is 339 Å². The molecule has 0 unspecified atom stereocenters. The second kappa shape index (κ2) is 19.4. The molecule has 1 saturated heterocycles. The van der Waals surface area contributed by atoms with Crippen molar-refractivity contribution in [2.24, 2.45) is 5.41 Å². The smallest absolute Gasteiger partial charge is 0.306 e. The van der Waals surface area contributed by atoms with E-state index in [0.29, 0.717) is 31.1 Å². The van der Waals surface area contributed by atoms with E-state index in [1.54, 1.807) is 28.2 Å². The second-order valence-electron chi connectivity index (χ2n) is 14.2. The van der Waals surface area contributed by atoms with Crippen molar-refractivity contribution in [3.63, 3.8) is 0 Å². The number of carbonyl (C=O) groups excluding carboxylic acids is 3. The van der Waals surface area contributed by atoms with Crippen LogP contribution in [0, 0.1) is 22.6 Å². The molecule has 0 saturated carbocycles. The highest BCUT2D eigenvalue weighted by molar-refractivity contribution is 7.98. The molecule has 2 aliphatic heterocycles. The van der Waals surface area contributed by atoms with Crippen molar-refractivity contribution in [2.45, 2.75) is 38.3 Å². The lowest BCUT2D eigenvalue weighted by atomic mass is 9.89. The Morgan fingerprint density at radius 2 is 1.53 bits per heavy atom. The number of fused-ring (bicyclic) bond motifs is 3. The summed E-state index contributed by atoms with van der Waals surface area (Å²) in [6.07, 6.45) is 9.72. The summed E-state index contributed by atoms with van der Waals surface area (Å²) in [5.74, 6) is -5.20. The van der Waals surface area contributed by atoms with Gasteiger partial charge in [0, 0.05) is 42.0 Å². The summed E-state index contributed by atoms with van der Waals surface area (Å²) < 4.78 is 56.0. The number of rotatable bonds is 10. The SMILES string of the molecule is COC(=O)CC(C)(C)CN1C[C@H]2[C@H](C1)n1ncc(NC(=O)c3ccc(OC)c(C#N)c3)c1C(=O)N2c1ccc(C(F)(F)c2ccc(F)cc2)cc1.CSC.CSC. The number of alkyl halides is 2. The fourth-order valence-corrected chi connectivity index (χ4v) is 6.87. The molecular weight excluding hydrogens is 778 g/mol. The van der Waals surface area contributed by atoms with Crippen LogP contribution in [-0.4, -0.2) is 97.4 Å². The number of nitrogens with zero attached hydrogens (tertiary/aromatic N) is 5. The molecule has 304 valence electrons. The Morgan fingerprint density at radius 3 is 2.09 bits per heavy atom. The molecule has 0 bridgehead atoms. The van der Waals surface area contributed by atoms with Gasteiger partial charge in [0.05, 0.1) is 50.2 Å². The molecule has 4 aromatic rings. The largest absolute Gasteiger partial charge is 0.495 e. The minimum Gasteiger partial charge on any atom is -0.495 e. The van der Waals surface area contributed by atoms with Crippen molar-refractivity contribution < 1.29 is 37.0 Å². The van der Waals surface area contributed by atoms with E-state index >= 15 is 8.78 Å². The second-order valence-corrected chi connectivity index (χ2v) is 15.8. The zero-order chi connectivity index (χ0) is 42.1. The highest BCUT2D eigenvalue weighted by Crippen LogP contribution is 2.41. The number of aromatic nitrogens is 2. The average Bonchev–Trinajstić information content (AvgIpc) is 3.79. The number of hydrogen-bond donors (Lipinski definition) is 1. The Bertz CT molecular complexity index is 2070. The predicted octanol–water partition coefficient (Wildman–Crippen LogP) is 7.73. The Kier molecular flexibility index (Phi) is 15.3. The summed E-state index contributed by atoms with van der Waals surface area (Å²) in [5.41, 5.74) is -0.315. The summed E-state index contributed by atoms with van der Waals surface area (Å²) in [7, 11) is 2.74. The van der Waals surface area contributed by atoms with E-state index in [0.717, 1.165) is 24.3 Å². The number of halogens is 3. The van der Waals surface area contributed by atoms with Crippen LogP contribution in [0.2, 0.25) is 0 Å². The van der Waals surface area contributed by atoms with Crippen LogP contribution in [0.4, 0.5) is 24.5 Å². The predicted molar refractivity (Wildman–Crippen MR) is 219 cm³/mol. The van der Waals surface area contributed by atoms with Crippen LogP contribution in [0.3, 0.4) is 0 Å². The zero-order valence-corrected chi connectivity index (χ0v) is 34.8. The Balaban J connectivity index is 0.00000113. The summed E-state index contributed by atoms with van der Waals surface area (Å²) >= 11 is 3.50. The third-order valence-electron chi connectivity index (χ3n) is 9.24. The Morgan fingerprint density at radius 1 is 0.947 bits per heavy atom. The summed E-state index contributed by atoms with van der Waals surface area (Å²) in [6.45, 7) is 5.19. The molecule has 1 aromatic heterocycles. The first-order valence-corrected chi connectivity index (χ1v) is 21.0. The number of anilines is 2. The standard InChI is InChI=1S/C37H35F3N6O5.2C2H6S/c1-36(2,16-32(47)51-4)21-44-19-29-30(20-44)46-33(28(18-42-46)43-34(48)22-5-14-31(50-3)23(15-22)17-41)35(49)45(29)27-12-8-25(9-13-27)37(39,40)24-6-10-26(38)11-7-24;2*1-3-2/h5-15,18,29-30H,16,19-21H2,1-4H3,(H,43,48);2*1-2H3/t29-,30-;;/m0../s1. The molecule has 2 atom stereocenters. The van der Waals surface area contributed by atoms with Gasteiger partial charge in [-0.1, -0.05) is 26.0 Å². The molecule has 11 nitrogen and oxygen atoms in total. The summed E-state index contributed by atoms with van der Waals surface area (Å²) in [4.78, 5) is 43.6. The monoisotopic (exact) mass is 824 g/mol. The normalized spacial score (nSPS) is 16.2. The van der Waals surface area contributed by atoms with Crippen molar-refractivity contribution in [1.29, 1.82) is 5.26 Å². The number of carbonyl (C=O) groups is 3. The van der Waals surface area contributed by atoms with Crippen molar-refractivity contribution in [2.75, 3.05) is 69.1 Å². The topological polar surface area (TPSA) is 130 Å². The number of methoxy groups -OCH3 is 2. The maximum atomic E-state index is 15.5. The van der Waals surface area contributed by atoms with Crippen LogP contribution in [0.1, 0.15) is 63.8 Å². The van der Waals surface area contributed by atoms with Crippen LogP contribution in [0.25, 0.3) is 0 Å². The first-order chi connectivity index (χ1) is 27.1. The molecule has 6 rings (SSSR count). The number of nitriles is 1. The minimum absolute atomic E-state index is 0.0926. The van der Waals surface area contributed by atoms with Gasteiger partial charge in [0.1, 0.15) is 17.6 Å². The van der Waals surface area contributed by atoms with Gasteiger partial charge in [-0.05, 0) is 85.0 Å². The minimum atomic E-state index is -3.43. The van der Waals surface area contributed by atoms with Crippen LogP contribution >= 0.6 is 23.5 Å². The quantitative estimate of drug-likeness (QED) is 0.159. The molecule has 1 fully saturated rings. The average molecular weight is 825 g/mol. The first-order valence-electron chi connectivity index (χ1n) is 17.7. The first kappa shape index (κ1) is 44.7. The number of esters is 1. The number of thioether (sulfide) groups is 2. The molecular formula is C41H47F3N6O5S2. The lowest BCUT2D eigenvalue weighted by Crippen LogP contribution is -2.51. The van der Waals surface area contributed by atoms with Crippen molar-refractivity contribution in [1.82, 2.24) is 14.7 Å². The van der Waals surface area contributed by atoms with Gasteiger partial charge in [-0.15, -0.1) is 0 Å². The third-order valence-corrected chi connectivity index (χ3v) is 9.24. The number of likely N-dealkylation sites (tertiary alicyclic amines) is 1. The molecule has 3 aromatic carbocycles. The molecule has 0 spiro atoms. The van der Waals surface area contributed by atoms with E-state index in [1.165, 1.54) is 67.8 Å². The van der Waals surface area contributed by atoms with Crippen molar-refractivity contribution >= 4 is 52.7 Å². The molecule has 2 aliphatic rings. The number of amides is 2. The van der Waals surface area contributed by atoms with Crippen LogP contribution in [-0.2, 0) is 15.5 Å². The zero-order valence-electron chi connectivity index (χ0n) is 33.1. The maximum Gasteiger partial charge on any atom is 0.306 e. The molecule has 16 heteroatoms. The van der Waals surface area contributed by atoms with Gasteiger partial charge in [0.25, 0.3) is 17.7 Å². The van der Waals surface area contributed by atoms with Gasteiger partial charge in [0.15, 0.2) is 5.69 Å². The van der Waals surface area contributed by atoms with Crippen molar-refractivity contribution in [3.05, 3.63) is 107 Å². The van der Waals surface area contributed by atoms with Gasteiger partial charge in [-0.3, -0.25) is 24.0 Å². The van der Waals surface area contributed by atoms with Gasteiger partial charge in [-0.2, -0.15) is 42.7 Å². The number of ether oxygens (including phenoxy) is 2. The van der Waals surface area contributed by atoms with Gasteiger partial charge < -0.3 is 19.7 Å². The lowest BCUT2D eigenvalue weighted by molar-refractivity contribution is -0.143. The molecule has 3 heterocycles. The lowest BCUT2D eigenvalue weighted by Gasteiger charge is -2.37. The number of benzene rings is 3. The van der Waals surface area contributed by atoms with Crippen LogP contribution in [0.15, 0.2) is 72.9 Å². The van der Waals surface area contributed by atoms with Crippen molar-refractivity contribution in [3.8, 4) is 11.8 Å². The maximum absolute atomic E-state index is 15.5. The highest BCUT2D eigenvalue weighted by Gasteiger charge is 2.49. The van der Waals surface area contributed by atoms with Crippen LogP contribution in [0.5, 0.6) is 5.75 Å². The number of hydrogen-bond acceptors (Lipinski definition) is 10. The fourth-order valence-electron chi connectivity index (χ4n) is 6.87. The molecule has 0 aliphatic carbocycles. The van der Waals surface area contributed by atoms with E-state index in [4.69, 9.17) is 9.47 Å². The molecule has 1 N–H and O–H groups in total. The molecule has 0 radical (unpaired) electrons. The van der Waals surface area contributed by atoms with E-state index in [9.17, 15) is 24.0 Å².